The summed E-state index contributed by atoms with van der Waals surface area (Å²) in [4.78, 5) is 17.3. The summed E-state index contributed by atoms with van der Waals surface area (Å²) in [7, 11) is 0. The molecule has 27 heavy (non-hydrogen) atoms. The summed E-state index contributed by atoms with van der Waals surface area (Å²) in [6.45, 7) is 0. The van der Waals surface area contributed by atoms with Crippen LogP contribution in [0.25, 0.3) is 32.9 Å². The first-order valence-electron chi connectivity index (χ1n) is 8.81. The fraction of sp³-hybridized carbons (Fsp3) is 0.0909. The van der Waals surface area contributed by atoms with Crippen molar-refractivity contribution in [2.24, 2.45) is 5.84 Å². The number of benzene rings is 3. The number of hydrogen-bond donors (Lipinski definition) is 2. The first-order valence-corrected chi connectivity index (χ1v) is 9.60. The number of hydrazine groups is 1. The summed E-state index contributed by atoms with van der Waals surface area (Å²) in [6.07, 6.45) is 2.16. The number of nitrogens with zero attached hydrogens (tertiary/aromatic N) is 1. The molecule has 3 N–H and O–H groups in total. The van der Waals surface area contributed by atoms with Gasteiger partial charge in [-0.1, -0.05) is 46.3 Å². The zero-order valence-corrected chi connectivity index (χ0v) is 16.0. The quantitative estimate of drug-likeness (QED) is 0.286. The van der Waals surface area contributed by atoms with Crippen LogP contribution in [0.1, 0.15) is 21.5 Å². The van der Waals surface area contributed by atoms with Crippen LogP contribution in [0.2, 0.25) is 0 Å². The molecular weight excluding hydrogens is 402 g/mol. The van der Waals surface area contributed by atoms with Crippen molar-refractivity contribution >= 4 is 43.5 Å². The highest BCUT2D eigenvalue weighted by Gasteiger charge is 2.19. The molecule has 0 fully saturated rings. The lowest BCUT2D eigenvalue weighted by Gasteiger charge is -2.12. The molecule has 3 aromatic carbocycles. The molecule has 0 aliphatic heterocycles. The monoisotopic (exact) mass is 417 g/mol. The maximum atomic E-state index is 12.4. The van der Waals surface area contributed by atoms with E-state index in [2.05, 4.69) is 51.7 Å². The molecule has 0 radical (unpaired) electrons. The van der Waals surface area contributed by atoms with Crippen LogP contribution < -0.4 is 11.3 Å². The standard InChI is InChI=1S/C22H16BrN3O/c23-14-7-9-19-17(10-14)18(22(27)26-24)11-20(25-19)15-8-6-13-5-4-12-2-1-3-16(15)21(12)13/h1-3,6-11H,4-5,24H2,(H,26,27). The highest BCUT2D eigenvalue weighted by atomic mass is 79.9. The number of hydrogen-bond acceptors (Lipinski definition) is 3. The molecule has 0 saturated carbocycles. The van der Waals surface area contributed by atoms with E-state index >= 15 is 0 Å². The predicted octanol–water partition coefficient (Wildman–Crippen LogP) is 4.52. The van der Waals surface area contributed by atoms with Gasteiger partial charge in [-0.15, -0.1) is 0 Å². The molecule has 4 aromatic rings. The number of aromatic nitrogens is 1. The molecule has 1 amide bonds. The number of nitrogen functional groups attached to an aromatic ring is 1. The summed E-state index contributed by atoms with van der Waals surface area (Å²) in [5, 5.41) is 3.28. The minimum Gasteiger partial charge on any atom is -0.290 e. The van der Waals surface area contributed by atoms with Crippen molar-refractivity contribution < 1.29 is 4.79 Å². The number of halogens is 1. The Labute approximate surface area is 164 Å². The summed E-state index contributed by atoms with van der Waals surface area (Å²) in [5.41, 5.74) is 8.11. The first kappa shape index (κ1) is 16.4. The summed E-state index contributed by atoms with van der Waals surface area (Å²) >= 11 is 3.47. The average Bonchev–Trinajstić information content (AvgIpc) is 3.12. The van der Waals surface area contributed by atoms with Crippen LogP contribution in [0.5, 0.6) is 0 Å². The number of aryl methyl sites for hydroxylation is 2. The maximum Gasteiger partial charge on any atom is 0.265 e. The zero-order chi connectivity index (χ0) is 18.5. The van der Waals surface area contributed by atoms with E-state index in [1.54, 1.807) is 0 Å². The van der Waals surface area contributed by atoms with Gasteiger partial charge in [0.1, 0.15) is 0 Å². The Hall–Kier alpha value is -2.76. The highest BCUT2D eigenvalue weighted by Crippen LogP contribution is 2.37. The molecular formula is C22H16BrN3O. The van der Waals surface area contributed by atoms with Gasteiger partial charge in [-0.05, 0) is 59.0 Å². The number of carbonyl (C=O) groups is 1. The van der Waals surface area contributed by atoms with Gasteiger partial charge in [-0.25, -0.2) is 10.8 Å². The Morgan fingerprint density at radius 3 is 2.63 bits per heavy atom. The Morgan fingerprint density at radius 2 is 1.81 bits per heavy atom. The van der Waals surface area contributed by atoms with Gasteiger partial charge in [-0.2, -0.15) is 0 Å². The number of pyridine rings is 1. The van der Waals surface area contributed by atoms with Crippen LogP contribution in [-0.2, 0) is 12.8 Å². The fourth-order valence-corrected chi connectivity index (χ4v) is 4.43. The highest BCUT2D eigenvalue weighted by molar-refractivity contribution is 9.10. The van der Waals surface area contributed by atoms with E-state index in [0.29, 0.717) is 5.56 Å². The number of fused-ring (bicyclic) bond motifs is 1. The van der Waals surface area contributed by atoms with Crippen LogP contribution in [0.4, 0.5) is 0 Å². The number of carbonyl (C=O) groups excluding carboxylic acids is 1. The normalized spacial score (nSPS) is 12.7. The van der Waals surface area contributed by atoms with E-state index in [9.17, 15) is 4.79 Å². The molecule has 1 heterocycles. The lowest BCUT2D eigenvalue weighted by atomic mass is 9.96. The van der Waals surface area contributed by atoms with Crippen LogP contribution in [0.15, 0.2) is 59.1 Å². The van der Waals surface area contributed by atoms with Crippen molar-refractivity contribution in [1.29, 1.82) is 0 Å². The van der Waals surface area contributed by atoms with E-state index < -0.39 is 0 Å². The van der Waals surface area contributed by atoms with Gasteiger partial charge in [0, 0.05) is 15.4 Å². The van der Waals surface area contributed by atoms with Crippen molar-refractivity contribution in [2.75, 3.05) is 0 Å². The van der Waals surface area contributed by atoms with E-state index in [1.165, 1.54) is 21.9 Å². The zero-order valence-electron chi connectivity index (χ0n) is 14.4. The van der Waals surface area contributed by atoms with Gasteiger partial charge in [0.05, 0.1) is 16.8 Å². The van der Waals surface area contributed by atoms with Crippen LogP contribution in [-0.4, -0.2) is 10.9 Å². The largest absolute Gasteiger partial charge is 0.290 e. The van der Waals surface area contributed by atoms with Crippen molar-refractivity contribution in [2.45, 2.75) is 12.8 Å². The van der Waals surface area contributed by atoms with Crippen LogP contribution in [0, 0.1) is 0 Å². The summed E-state index contributed by atoms with van der Waals surface area (Å²) < 4.78 is 0.890. The molecule has 0 saturated heterocycles. The Bertz CT molecular complexity index is 1240. The van der Waals surface area contributed by atoms with Gasteiger partial charge in [-0.3, -0.25) is 10.2 Å². The molecule has 5 heteroatoms. The number of amides is 1. The third-order valence-electron chi connectivity index (χ3n) is 5.30. The first-order chi connectivity index (χ1) is 13.2. The SMILES string of the molecule is NNC(=O)c1cc(-c2ccc3c4c(cccc24)CC3)nc2ccc(Br)cc12. The van der Waals surface area contributed by atoms with Crippen LogP contribution >= 0.6 is 15.9 Å². The Kier molecular flexibility index (Phi) is 3.74. The van der Waals surface area contributed by atoms with E-state index in [1.807, 2.05) is 24.3 Å². The third-order valence-corrected chi connectivity index (χ3v) is 5.79. The summed E-state index contributed by atoms with van der Waals surface area (Å²) in [6, 6.07) is 18.3. The molecule has 1 aliphatic rings. The van der Waals surface area contributed by atoms with Gasteiger partial charge in [0.2, 0.25) is 0 Å². The molecule has 1 aliphatic carbocycles. The minimum absolute atomic E-state index is 0.326. The lowest BCUT2D eigenvalue weighted by molar-refractivity contribution is 0.0955. The smallest absolute Gasteiger partial charge is 0.265 e. The molecule has 4 nitrogen and oxygen atoms in total. The van der Waals surface area contributed by atoms with Gasteiger partial charge in [0.15, 0.2) is 0 Å². The summed E-state index contributed by atoms with van der Waals surface area (Å²) in [5.74, 6) is 5.10. The molecule has 0 spiro atoms. The van der Waals surface area contributed by atoms with Crippen molar-refractivity contribution in [3.63, 3.8) is 0 Å². The van der Waals surface area contributed by atoms with Gasteiger partial charge in [0.25, 0.3) is 5.91 Å². The van der Waals surface area contributed by atoms with E-state index in [4.69, 9.17) is 10.8 Å². The molecule has 5 rings (SSSR count). The fourth-order valence-electron chi connectivity index (χ4n) is 4.07. The number of nitrogens with one attached hydrogen (secondary N) is 1. The maximum absolute atomic E-state index is 12.4. The van der Waals surface area contributed by atoms with Crippen molar-refractivity contribution in [3.8, 4) is 11.3 Å². The van der Waals surface area contributed by atoms with Crippen LogP contribution in [0.3, 0.4) is 0 Å². The second-order valence-electron chi connectivity index (χ2n) is 6.80. The Morgan fingerprint density at radius 1 is 1.00 bits per heavy atom. The molecule has 0 unspecified atom stereocenters. The average molecular weight is 418 g/mol. The molecule has 0 atom stereocenters. The van der Waals surface area contributed by atoms with Gasteiger partial charge >= 0.3 is 0 Å². The van der Waals surface area contributed by atoms with Gasteiger partial charge < -0.3 is 0 Å². The predicted molar refractivity (Wildman–Crippen MR) is 111 cm³/mol. The Balaban J connectivity index is 1.83. The second kappa shape index (κ2) is 6.15. The van der Waals surface area contributed by atoms with Crippen molar-refractivity contribution in [3.05, 3.63) is 75.8 Å². The van der Waals surface area contributed by atoms with E-state index in [0.717, 1.165) is 39.5 Å². The topological polar surface area (TPSA) is 68.0 Å². The third kappa shape index (κ3) is 2.54. The second-order valence-corrected chi connectivity index (χ2v) is 7.72. The molecule has 0 bridgehead atoms. The minimum atomic E-state index is -0.326. The van der Waals surface area contributed by atoms with E-state index in [-0.39, 0.29) is 5.91 Å². The lowest BCUT2D eigenvalue weighted by Crippen LogP contribution is -2.30. The number of rotatable bonds is 2. The number of nitrogens with two attached hydrogens (primary N) is 1. The van der Waals surface area contributed by atoms with Crippen molar-refractivity contribution in [1.82, 2.24) is 10.4 Å². The molecule has 1 aromatic heterocycles. The molecule has 132 valence electrons.